The number of nitrogens with zero attached hydrogens (tertiary/aromatic N) is 3. The smallest absolute Gasteiger partial charge is 0.244 e. The zero-order valence-electron chi connectivity index (χ0n) is 7.37. The monoisotopic (exact) mass is 185 g/mol. The van der Waals surface area contributed by atoms with E-state index in [9.17, 15) is 4.39 Å². The first kappa shape index (κ1) is 8.43. The van der Waals surface area contributed by atoms with Crippen LogP contribution in [0.15, 0.2) is 0 Å². The number of halogens is 1. The summed E-state index contributed by atoms with van der Waals surface area (Å²) in [5.41, 5.74) is 5.53. The third-order valence-electron chi connectivity index (χ3n) is 2.16. The minimum Gasteiger partial charge on any atom is -0.335 e. The zero-order chi connectivity index (χ0) is 9.42. The third-order valence-corrected chi connectivity index (χ3v) is 2.16. The quantitative estimate of drug-likeness (QED) is 0.624. The van der Waals surface area contributed by atoms with Crippen LogP contribution in [0, 0.1) is 6.92 Å². The Hall–Kier alpha value is -1.17. The van der Waals surface area contributed by atoms with Gasteiger partial charge in [0.1, 0.15) is 12.0 Å². The summed E-state index contributed by atoms with van der Waals surface area (Å²) < 4.78 is 13.0. The van der Waals surface area contributed by atoms with E-state index in [0.29, 0.717) is 19.0 Å². The highest BCUT2D eigenvalue weighted by Gasteiger charge is 2.31. The molecule has 1 fully saturated rings. The molecule has 2 rings (SSSR count). The zero-order valence-corrected chi connectivity index (χ0v) is 7.37. The van der Waals surface area contributed by atoms with Crippen LogP contribution in [0.4, 0.5) is 10.3 Å². The summed E-state index contributed by atoms with van der Waals surface area (Å²) in [5, 5.41) is 6.64. The number of aryl methyl sites for hydroxylation is 1. The second kappa shape index (κ2) is 2.95. The van der Waals surface area contributed by atoms with E-state index in [2.05, 4.69) is 15.2 Å². The van der Waals surface area contributed by atoms with Gasteiger partial charge in [0.2, 0.25) is 5.95 Å². The van der Waals surface area contributed by atoms with Crippen LogP contribution in [0.5, 0.6) is 0 Å². The van der Waals surface area contributed by atoms with Gasteiger partial charge in [-0.05, 0) is 6.92 Å². The van der Waals surface area contributed by atoms with Crippen LogP contribution in [-0.2, 0) is 0 Å². The van der Waals surface area contributed by atoms with E-state index in [1.54, 1.807) is 11.8 Å². The molecule has 72 valence electrons. The lowest BCUT2D eigenvalue weighted by Gasteiger charge is -2.10. The Balaban J connectivity index is 2.11. The minimum absolute atomic E-state index is 0.290. The highest BCUT2D eigenvalue weighted by molar-refractivity contribution is 5.32. The molecule has 0 spiro atoms. The molecule has 5 nitrogen and oxygen atoms in total. The Morgan fingerprint density at radius 1 is 1.62 bits per heavy atom. The standard InChI is InChI=1S/C7H12FN5/c1-4-10-7(12-11-4)13-2-5(8)6(9)3-13/h5-6H,2-3,9H2,1H3,(H,10,11,12)/t5-,6-/m0/s1. The summed E-state index contributed by atoms with van der Waals surface area (Å²) in [7, 11) is 0. The molecule has 0 amide bonds. The van der Waals surface area contributed by atoms with E-state index < -0.39 is 12.2 Å². The van der Waals surface area contributed by atoms with E-state index in [1.807, 2.05) is 0 Å². The molecule has 0 aromatic carbocycles. The number of hydrogen-bond donors (Lipinski definition) is 2. The van der Waals surface area contributed by atoms with Crippen molar-refractivity contribution in [3.63, 3.8) is 0 Å². The number of hydrogen-bond acceptors (Lipinski definition) is 4. The van der Waals surface area contributed by atoms with Gasteiger partial charge in [-0.1, -0.05) is 0 Å². The fourth-order valence-electron chi connectivity index (χ4n) is 1.42. The predicted octanol–water partition coefficient (Wildman–Crippen LogP) is -0.401. The van der Waals surface area contributed by atoms with E-state index in [1.165, 1.54) is 0 Å². The van der Waals surface area contributed by atoms with Gasteiger partial charge in [-0.3, -0.25) is 5.10 Å². The maximum Gasteiger partial charge on any atom is 0.244 e. The molecule has 6 heteroatoms. The second-order valence-corrected chi connectivity index (χ2v) is 3.31. The number of rotatable bonds is 1. The first-order valence-corrected chi connectivity index (χ1v) is 4.20. The Morgan fingerprint density at radius 3 is 2.85 bits per heavy atom. The molecule has 0 radical (unpaired) electrons. The number of H-pyrrole nitrogens is 1. The van der Waals surface area contributed by atoms with Gasteiger partial charge in [-0.25, -0.2) is 4.39 Å². The van der Waals surface area contributed by atoms with Crippen molar-refractivity contribution in [1.29, 1.82) is 0 Å². The second-order valence-electron chi connectivity index (χ2n) is 3.31. The van der Waals surface area contributed by atoms with E-state index in [-0.39, 0.29) is 0 Å². The lowest BCUT2D eigenvalue weighted by atomic mass is 10.3. The summed E-state index contributed by atoms with van der Waals surface area (Å²) >= 11 is 0. The molecule has 0 aliphatic carbocycles. The van der Waals surface area contributed by atoms with Gasteiger partial charge in [0, 0.05) is 6.54 Å². The van der Waals surface area contributed by atoms with E-state index in [4.69, 9.17) is 5.73 Å². The maximum atomic E-state index is 13.0. The predicted molar refractivity (Wildman–Crippen MR) is 46.2 cm³/mol. The summed E-state index contributed by atoms with van der Waals surface area (Å²) in [6.45, 7) is 2.58. The highest BCUT2D eigenvalue weighted by atomic mass is 19.1. The number of nitrogens with one attached hydrogen (secondary N) is 1. The molecular formula is C7H12FN5. The van der Waals surface area contributed by atoms with Crippen molar-refractivity contribution in [3.05, 3.63) is 5.82 Å². The Labute approximate surface area is 75.1 Å². The first-order chi connectivity index (χ1) is 6.16. The van der Waals surface area contributed by atoms with Crippen molar-refractivity contribution in [2.45, 2.75) is 19.1 Å². The van der Waals surface area contributed by atoms with Crippen molar-refractivity contribution in [2.75, 3.05) is 18.0 Å². The first-order valence-electron chi connectivity index (χ1n) is 4.20. The summed E-state index contributed by atoms with van der Waals surface area (Å²) in [5.74, 6) is 1.26. The Bertz CT molecular complexity index is 289. The molecule has 1 aromatic rings. The molecule has 13 heavy (non-hydrogen) atoms. The molecule has 1 aromatic heterocycles. The van der Waals surface area contributed by atoms with E-state index in [0.717, 1.165) is 5.82 Å². The lowest BCUT2D eigenvalue weighted by molar-refractivity contribution is 0.333. The van der Waals surface area contributed by atoms with Gasteiger partial charge in [0.25, 0.3) is 0 Å². The summed E-state index contributed by atoms with van der Waals surface area (Å²) in [6.07, 6.45) is -0.973. The lowest BCUT2D eigenvalue weighted by Crippen LogP contribution is -2.30. The maximum absolute atomic E-state index is 13.0. The van der Waals surface area contributed by atoms with Gasteiger partial charge in [0.15, 0.2) is 0 Å². The molecule has 0 saturated carbocycles. The number of nitrogens with two attached hydrogens (primary N) is 1. The van der Waals surface area contributed by atoms with Crippen LogP contribution in [0.25, 0.3) is 0 Å². The Morgan fingerprint density at radius 2 is 2.38 bits per heavy atom. The van der Waals surface area contributed by atoms with E-state index >= 15 is 0 Å². The van der Waals surface area contributed by atoms with Crippen LogP contribution < -0.4 is 10.6 Å². The van der Waals surface area contributed by atoms with Crippen molar-refractivity contribution < 1.29 is 4.39 Å². The average molecular weight is 185 g/mol. The van der Waals surface area contributed by atoms with Crippen LogP contribution >= 0.6 is 0 Å². The summed E-state index contributed by atoms with van der Waals surface area (Å²) in [6, 6.07) is -0.418. The van der Waals surface area contributed by atoms with Crippen molar-refractivity contribution >= 4 is 5.95 Å². The molecule has 2 heterocycles. The molecule has 0 bridgehead atoms. The molecule has 2 atom stereocenters. The highest BCUT2D eigenvalue weighted by Crippen LogP contribution is 2.16. The SMILES string of the molecule is Cc1nc(N2C[C@H](N)[C@@H](F)C2)n[nH]1. The number of aromatic nitrogens is 3. The van der Waals surface area contributed by atoms with Crippen LogP contribution in [-0.4, -0.2) is 40.5 Å². The third kappa shape index (κ3) is 1.49. The Kier molecular flexibility index (Phi) is 1.91. The fourth-order valence-corrected chi connectivity index (χ4v) is 1.42. The van der Waals surface area contributed by atoms with Crippen LogP contribution in [0.1, 0.15) is 5.82 Å². The molecule has 1 saturated heterocycles. The van der Waals surface area contributed by atoms with Gasteiger partial charge in [-0.15, -0.1) is 5.10 Å². The summed E-state index contributed by atoms with van der Waals surface area (Å²) in [4.78, 5) is 5.85. The van der Waals surface area contributed by atoms with Crippen LogP contribution in [0.2, 0.25) is 0 Å². The van der Waals surface area contributed by atoms with Gasteiger partial charge >= 0.3 is 0 Å². The van der Waals surface area contributed by atoms with Crippen molar-refractivity contribution in [2.24, 2.45) is 5.73 Å². The largest absolute Gasteiger partial charge is 0.335 e. The molecule has 1 aliphatic heterocycles. The molecule has 1 aliphatic rings. The normalized spacial score (nSPS) is 28.4. The minimum atomic E-state index is -0.973. The average Bonchev–Trinajstić information content (AvgIpc) is 2.61. The fraction of sp³-hybridized carbons (Fsp3) is 0.714. The topological polar surface area (TPSA) is 70.8 Å². The molecular weight excluding hydrogens is 173 g/mol. The van der Waals surface area contributed by atoms with Crippen molar-refractivity contribution in [3.8, 4) is 0 Å². The number of aromatic amines is 1. The van der Waals surface area contributed by atoms with Gasteiger partial charge in [-0.2, -0.15) is 4.98 Å². The molecule has 3 N–H and O–H groups in total. The van der Waals surface area contributed by atoms with Gasteiger partial charge in [0.05, 0.1) is 12.6 Å². The number of alkyl halides is 1. The number of anilines is 1. The van der Waals surface area contributed by atoms with Gasteiger partial charge < -0.3 is 10.6 Å². The van der Waals surface area contributed by atoms with Crippen molar-refractivity contribution in [1.82, 2.24) is 15.2 Å². The molecule has 0 unspecified atom stereocenters. The van der Waals surface area contributed by atoms with Crippen LogP contribution in [0.3, 0.4) is 0 Å².